The van der Waals surface area contributed by atoms with E-state index >= 15 is 0 Å². The molecule has 2 aromatic rings. The number of amides is 3. The third-order valence-corrected chi connectivity index (χ3v) is 5.11. The van der Waals surface area contributed by atoms with Gasteiger partial charge in [-0.2, -0.15) is 5.11 Å². The molecule has 0 aromatic heterocycles. The Kier molecular flexibility index (Phi) is 4.68. The lowest BCUT2D eigenvalue weighted by Crippen LogP contribution is -2.43. The van der Waals surface area contributed by atoms with E-state index in [4.69, 9.17) is 0 Å². The first-order valence-corrected chi connectivity index (χ1v) is 9.40. The molecule has 0 aliphatic carbocycles. The monoisotopic (exact) mass is 441 g/mol. The molecule has 0 radical (unpaired) electrons. The standard InChI is InChI=1S/C19H16BrN5O3/c1-11-2-6-13(7-3-11)21-15(26)10-24-17-16(22-23-24)18(27)25(19(17)28)14-8-4-12(20)5-9-14/h2-9,16-17H,10H2,1H3,(H,21,26)/t16-,17+/m0/s1. The fourth-order valence-electron chi connectivity index (χ4n) is 3.18. The molecule has 2 aromatic carbocycles. The van der Waals surface area contributed by atoms with Crippen molar-refractivity contribution >= 4 is 45.0 Å². The number of fused-ring (bicyclic) bond motifs is 1. The van der Waals surface area contributed by atoms with Gasteiger partial charge in [-0.25, -0.2) is 4.90 Å². The number of hydrogen-bond donors (Lipinski definition) is 1. The zero-order valence-electron chi connectivity index (χ0n) is 14.9. The maximum absolute atomic E-state index is 12.9. The fourth-order valence-corrected chi connectivity index (χ4v) is 3.45. The minimum Gasteiger partial charge on any atom is -0.324 e. The van der Waals surface area contributed by atoms with E-state index in [1.807, 2.05) is 19.1 Å². The number of halogens is 1. The number of anilines is 2. The first kappa shape index (κ1) is 18.3. The smallest absolute Gasteiger partial charge is 0.263 e. The Morgan fingerprint density at radius 1 is 1.07 bits per heavy atom. The number of hydrogen-bond acceptors (Lipinski definition) is 6. The molecule has 9 heteroatoms. The molecule has 2 atom stereocenters. The highest BCUT2D eigenvalue weighted by molar-refractivity contribution is 9.10. The van der Waals surface area contributed by atoms with Crippen LogP contribution >= 0.6 is 15.9 Å². The fraction of sp³-hybridized carbons (Fsp3) is 0.211. The molecule has 8 nitrogen and oxygen atoms in total. The summed E-state index contributed by atoms with van der Waals surface area (Å²) in [6.07, 6.45) is 0. The van der Waals surface area contributed by atoms with E-state index in [2.05, 4.69) is 31.6 Å². The molecule has 0 unspecified atom stereocenters. The largest absolute Gasteiger partial charge is 0.324 e. The van der Waals surface area contributed by atoms with E-state index in [1.54, 1.807) is 36.4 Å². The van der Waals surface area contributed by atoms with Gasteiger partial charge in [-0.15, -0.1) is 0 Å². The van der Waals surface area contributed by atoms with Crippen molar-refractivity contribution in [2.45, 2.75) is 19.0 Å². The van der Waals surface area contributed by atoms with Crippen LogP contribution in [0.1, 0.15) is 5.56 Å². The Morgan fingerprint density at radius 3 is 2.43 bits per heavy atom. The second-order valence-corrected chi connectivity index (χ2v) is 7.51. The number of aryl methyl sites for hydroxylation is 1. The zero-order chi connectivity index (χ0) is 19.8. The molecule has 4 rings (SSSR count). The van der Waals surface area contributed by atoms with Crippen molar-refractivity contribution in [3.05, 3.63) is 58.6 Å². The summed E-state index contributed by atoms with van der Waals surface area (Å²) < 4.78 is 0.838. The minimum absolute atomic E-state index is 0.175. The molecule has 1 fully saturated rings. The number of carbonyl (C=O) groups excluding carboxylic acids is 3. The molecule has 1 saturated heterocycles. The molecular weight excluding hydrogens is 426 g/mol. The van der Waals surface area contributed by atoms with Crippen LogP contribution in [-0.2, 0) is 14.4 Å². The first-order valence-electron chi connectivity index (χ1n) is 8.61. The van der Waals surface area contributed by atoms with Crippen LogP contribution in [0.15, 0.2) is 63.3 Å². The predicted octanol–water partition coefficient (Wildman–Crippen LogP) is 2.69. The molecule has 0 spiro atoms. The van der Waals surface area contributed by atoms with Crippen molar-refractivity contribution in [1.29, 1.82) is 0 Å². The summed E-state index contributed by atoms with van der Waals surface area (Å²) in [7, 11) is 0. The van der Waals surface area contributed by atoms with Gasteiger partial charge in [0.05, 0.1) is 5.69 Å². The Hall–Kier alpha value is -3.07. The highest BCUT2D eigenvalue weighted by Crippen LogP contribution is 2.32. The number of carbonyl (C=O) groups is 3. The third kappa shape index (κ3) is 3.29. The van der Waals surface area contributed by atoms with Crippen LogP contribution in [0.4, 0.5) is 11.4 Å². The van der Waals surface area contributed by atoms with E-state index in [9.17, 15) is 14.4 Å². The van der Waals surface area contributed by atoms with Crippen LogP contribution in [0, 0.1) is 6.92 Å². The number of nitrogens with zero attached hydrogens (tertiary/aromatic N) is 4. The van der Waals surface area contributed by atoms with E-state index in [1.165, 1.54) is 5.01 Å². The van der Waals surface area contributed by atoms with Gasteiger partial charge in [0.1, 0.15) is 6.54 Å². The Balaban J connectivity index is 1.48. The molecule has 28 heavy (non-hydrogen) atoms. The summed E-state index contributed by atoms with van der Waals surface area (Å²) in [6.45, 7) is 1.78. The van der Waals surface area contributed by atoms with Gasteiger partial charge in [0, 0.05) is 10.2 Å². The van der Waals surface area contributed by atoms with E-state index in [0.29, 0.717) is 11.4 Å². The van der Waals surface area contributed by atoms with Gasteiger partial charge in [-0.05, 0) is 43.3 Å². The summed E-state index contributed by atoms with van der Waals surface area (Å²) >= 11 is 3.33. The maximum atomic E-state index is 12.9. The number of benzene rings is 2. The lowest BCUT2D eigenvalue weighted by Gasteiger charge is -2.20. The maximum Gasteiger partial charge on any atom is 0.263 e. The molecule has 2 aliphatic heterocycles. The van der Waals surface area contributed by atoms with Crippen molar-refractivity contribution in [1.82, 2.24) is 5.01 Å². The second-order valence-electron chi connectivity index (χ2n) is 6.59. The number of nitrogens with one attached hydrogen (secondary N) is 1. The highest BCUT2D eigenvalue weighted by Gasteiger charge is 2.55. The van der Waals surface area contributed by atoms with Crippen LogP contribution in [-0.4, -0.2) is 41.4 Å². The van der Waals surface area contributed by atoms with Gasteiger partial charge in [0.2, 0.25) is 5.91 Å². The normalized spacial score (nSPS) is 20.6. The Bertz CT molecular complexity index is 974. The number of imide groups is 1. The third-order valence-electron chi connectivity index (χ3n) is 4.58. The molecule has 0 saturated carbocycles. The average molecular weight is 442 g/mol. The van der Waals surface area contributed by atoms with Crippen LogP contribution < -0.4 is 10.2 Å². The molecule has 3 amide bonds. The van der Waals surface area contributed by atoms with E-state index in [0.717, 1.165) is 14.9 Å². The summed E-state index contributed by atoms with van der Waals surface area (Å²) in [5.74, 6) is -1.22. The molecule has 2 heterocycles. The summed E-state index contributed by atoms with van der Waals surface area (Å²) in [6, 6.07) is 12.4. The van der Waals surface area contributed by atoms with Gasteiger partial charge >= 0.3 is 0 Å². The first-order chi connectivity index (χ1) is 13.4. The molecule has 1 N–H and O–H groups in total. The van der Waals surface area contributed by atoms with Gasteiger partial charge in [-0.3, -0.25) is 19.4 Å². The Labute approximate surface area is 169 Å². The van der Waals surface area contributed by atoms with Crippen LogP contribution in [0.3, 0.4) is 0 Å². The van der Waals surface area contributed by atoms with Crippen molar-refractivity contribution in [2.24, 2.45) is 10.3 Å². The average Bonchev–Trinajstić information content (AvgIpc) is 3.18. The van der Waals surface area contributed by atoms with Crippen molar-refractivity contribution < 1.29 is 14.4 Å². The molecule has 0 bridgehead atoms. The summed E-state index contributed by atoms with van der Waals surface area (Å²) in [5.41, 5.74) is 2.19. The quantitative estimate of drug-likeness (QED) is 0.737. The topological polar surface area (TPSA) is 94.4 Å². The summed E-state index contributed by atoms with van der Waals surface area (Å²) in [5, 5.41) is 11.8. The van der Waals surface area contributed by atoms with Crippen molar-refractivity contribution in [2.75, 3.05) is 16.8 Å². The molecule has 142 valence electrons. The highest BCUT2D eigenvalue weighted by atomic mass is 79.9. The van der Waals surface area contributed by atoms with Gasteiger partial charge in [-0.1, -0.05) is 38.8 Å². The van der Waals surface area contributed by atoms with E-state index < -0.39 is 23.9 Å². The second kappa shape index (κ2) is 7.16. The molecular formula is C19H16BrN5O3. The predicted molar refractivity (Wildman–Crippen MR) is 106 cm³/mol. The van der Waals surface area contributed by atoms with Gasteiger partial charge < -0.3 is 5.32 Å². The van der Waals surface area contributed by atoms with Crippen molar-refractivity contribution in [3.63, 3.8) is 0 Å². The summed E-state index contributed by atoms with van der Waals surface area (Å²) in [4.78, 5) is 39.0. The van der Waals surface area contributed by atoms with Crippen LogP contribution in [0.2, 0.25) is 0 Å². The molecule has 2 aliphatic rings. The van der Waals surface area contributed by atoms with Gasteiger partial charge in [0.15, 0.2) is 12.1 Å². The zero-order valence-corrected chi connectivity index (χ0v) is 16.5. The Morgan fingerprint density at radius 2 is 1.75 bits per heavy atom. The van der Waals surface area contributed by atoms with Crippen molar-refractivity contribution in [3.8, 4) is 0 Å². The van der Waals surface area contributed by atoms with E-state index in [-0.39, 0.29) is 12.5 Å². The lowest BCUT2D eigenvalue weighted by molar-refractivity contribution is -0.123. The number of rotatable bonds is 4. The van der Waals surface area contributed by atoms with Crippen LogP contribution in [0.5, 0.6) is 0 Å². The lowest BCUT2D eigenvalue weighted by atomic mass is 10.1. The van der Waals surface area contributed by atoms with Crippen LogP contribution in [0.25, 0.3) is 0 Å². The SMILES string of the molecule is Cc1ccc(NC(=O)CN2N=N[C@@H]3C(=O)N(c4ccc(Br)cc4)C(=O)[C@@H]32)cc1. The van der Waals surface area contributed by atoms with Gasteiger partial charge in [0.25, 0.3) is 11.8 Å². The minimum atomic E-state index is -0.927.